The summed E-state index contributed by atoms with van der Waals surface area (Å²) in [4.78, 5) is 12.0. The van der Waals surface area contributed by atoms with Gasteiger partial charge in [0.2, 0.25) is 5.91 Å². The number of carbonyl (C=O) groups excluding carboxylic acids is 1. The normalized spacial score (nSPS) is 26.4. The minimum absolute atomic E-state index is 0. The van der Waals surface area contributed by atoms with Gasteiger partial charge in [-0.2, -0.15) is 0 Å². The summed E-state index contributed by atoms with van der Waals surface area (Å²) in [5, 5.41) is 6.19. The van der Waals surface area contributed by atoms with Gasteiger partial charge in [-0.1, -0.05) is 6.07 Å². The number of rotatable bonds is 5. The summed E-state index contributed by atoms with van der Waals surface area (Å²) in [6.07, 6.45) is 2.65. The number of carbonyl (C=O) groups is 1. The van der Waals surface area contributed by atoms with Gasteiger partial charge in [0.1, 0.15) is 11.6 Å². The van der Waals surface area contributed by atoms with Crippen molar-refractivity contribution < 1.29 is 13.6 Å². The predicted octanol–water partition coefficient (Wildman–Crippen LogP) is 2.61. The van der Waals surface area contributed by atoms with Gasteiger partial charge >= 0.3 is 0 Å². The molecule has 0 aromatic heterocycles. The number of halogens is 3. The molecule has 2 N–H and O–H groups in total. The van der Waals surface area contributed by atoms with Gasteiger partial charge in [0.05, 0.1) is 0 Å². The second-order valence-electron chi connectivity index (χ2n) is 6.02. The van der Waals surface area contributed by atoms with E-state index in [-0.39, 0.29) is 35.7 Å². The van der Waals surface area contributed by atoms with Crippen molar-refractivity contribution in [1.82, 2.24) is 10.6 Å². The van der Waals surface area contributed by atoms with Gasteiger partial charge in [0, 0.05) is 23.9 Å². The first-order valence-electron chi connectivity index (χ1n) is 7.59. The van der Waals surface area contributed by atoms with Crippen LogP contribution in [0.15, 0.2) is 18.2 Å². The highest BCUT2D eigenvalue weighted by Crippen LogP contribution is 2.49. The topological polar surface area (TPSA) is 41.1 Å². The number of nitrogens with one attached hydrogen (secondary N) is 2. The van der Waals surface area contributed by atoms with Gasteiger partial charge in [-0.25, -0.2) is 8.78 Å². The quantitative estimate of drug-likeness (QED) is 0.871. The van der Waals surface area contributed by atoms with Gasteiger partial charge < -0.3 is 10.6 Å². The lowest BCUT2D eigenvalue weighted by atomic mass is 10.1. The van der Waals surface area contributed by atoms with Crippen molar-refractivity contribution in [1.29, 1.82) is 0 Å². The molecule has 3 atom stereocenters. The molecule has 2 fully saturated rings. The molecule has 0 spiro atoms. The third-order valence-corrected chi connectivity index (χ3v) is 4.51. The molecule has 1 amide bonds. The Kier molecular flexibility index (Phi) is 5.75. The van der Waals surface area contributed by atoms with Crippen LogP contribution in [-0.4, -0.2) is 25.5 Å². The summed E-state index contributed by atoms with van der Waals surface area (Å²) >= 11 is 0. The summed E-state index contributed by atoms with van der Waals surface area (Å²) < 4.78 is 27.3. The van der Waals surface area contributed by atoms with Crippen molar-refractivity contribution in [3.8, 4) is 0 Å². The molecule has 6 heteroatoms. The zero-order valence-electron chi connectivity index (χ0n) is 12.3. The third-order valence-electron chi connectivity index (χ3n) is 4.51. The third kappa shape index (κ3) is 3.76. The Morgan fingerprint density at radius 3 is 2.68 bits per heavy atom. The van der Waals surface area contributed by atoms with Crippen molar-refractivity contribution in [2.75, 3.05) is 19.6 Å². The molecule has 1 saturated carbocycles. The highest BCUT2D eigenvalue weighted by Gasteiger charge is 2.46. The molecule has 3 unspecified atom stereocenters. The van der Waals surface area contributed by atoms with Crippen LogP contribution < -0.4 is 10.6 Å². The van der Waals surface area contributed by atoms with Crippen LogP contribution in [0.4, 0.5) is 8.78 Å². The average Bonchev–Trinajstić information content (AvgIpc) is 3.05. The Morgan fingerprint density at radius 2 is 2.05 bits per heavy atom. The summed E-state index contributed by atoms with van der Waals surface area (Å²) in [5.41, 5.74) is 0.0673. The van der Waals surface area contributed by atoms with Gasteiger partial charge in [0.15, 0.2) is 0 Å². The Bertz CT molecular complexity index is 515. The molecule has 3 nitrogen and oxygen atoms in total. The molecule has 1 aromatic rings. The lowest BCUT2D eigenvalue weighted by Gasteiger charge is -2.09. The zero-order chi connectivity index (χ0) is 14.8. The standard InChI is InChI=1S/C16H20F2N2O.ClH/c17-13-2-1-3-14(18)15(13)11-8-12(11)16(21)20-7-5-10-4-6-19-9-10;/h1-3,10-12,19H,4-9H2,(H,20,21);1H. The largest absolute Gasteiger partial charge is 0.356 e. The lowest BCUT2D eigenvalue weighted by Crippen LogP contribution is -2.28. The second-order valence-corrected chi connectivity index (χ2v) is 6.02. The monoisotopic (exact) mass is 330 g/mol. The Balaban J connectivity index is 0.00000176. The van der Waals surface area contributed by atoms with E-state index >= 15 is 0 Å². The SMILES string of the molecule is Cl.O=C(NCCC1CCNC1)C1CC1c1c(F)cccc1F. The molecular weight excluding hydrogens is 310 g/mol. The minimum Gasteiger partial charge on any atom is -0.356 e. The molecule has 2 aliphatic rings. The molecular formula is C16H21ClF2N2O. The highest BCUT2D eigenvalue weighted by atomic mass is 35.5. The maximum atomic E-state index is 13.7. The molecule has 0 radical (unpaired) electrons. The fraction of sp³-hybridized carbons (Fsp3) is 0.562. The summed E-state index contributed by atoms with van der Waals surface area (Å²) in [6.45, 7) is 2.71. The smallest absolute Gasteiger partial charge is 0.223 e. The minimum atomic E-state index is -0.549. The number of amides is 1. The highest BCUT2D eigenvalue weighted by molar-refractivity contribution is 5.85. The van der Waals surface area contributed by atoms with E-state index in [1.807, 2.05) is 0 Å². The molecule has 1 aliphatic carbocycles. The van der Waals surface area contributed by atoms with Crippen molar-refractivity contribution >= 4 is 18.3 Å². The van der Waals surface area contributed by atoms with Gasteiger partial charge in [0.25, 0.3) is 0 Å². The summed E-state index contributed by atoms with van der Waals surface area (Å²) in [5.74, 6) is -1.13. The maximum Gasteiger partial charge on any atom is 0.223 e. The molecule has 22 heavy (non-hydrogen) atoms. The van der Waals surface area contributed by atoms with Crippen molar-refractivity contribution in [3.05, 3.63) is 35.4 Å². The van der Waals surface area contributed by atoms with Gasteiger partial charge in [-0.15, -0.1) is 12.4 Å². The number of benzene rings is 1. The van der Waals surface area contributed by atoms with E-state index in [2.05, 4.69) is 10.6 Å². The molecule has 122 valence electrons. The van der Waals surface area contributed by atoms with Crippen LogP contribution >= 0.6 is 12.4 Å². The van der Waals surface area contributed by atoms with Crippen molar-refractivity contribution in [2.24, 2.45) is 11.8 Å². The molecule has 3 rings (SSSR count). The van der Waals surface area contributed by atoms with E-state index in [1.54, 1.807) is 0 Å². The van der Waals surface area contributed by atoms with Crippen LogP contribution in [0.1, 0.15) is 30.7 Å². The van der Waals surface area contributed by atoms with E-state index in [0.717, 1.165) is 25.9 Å². The molecule has 1 aromatic carbocycles. The average molecular weight is 331 g/mol. The van der Waals surface area contributed by atoms with Crippen LogP contribution in [0.5, 0.6) is 0 Å². The van der Waals surface area contributed by atoms with Crippen LogP contribution in [0.25, 0.3) is 0 Å². The molecule has 1 saturated heterocycles. The van der Waals surface area contributed by atoms with Crippen molar-refractivity contribution in [2.45, 2.75) is 25.2 Å². The number of hydrogen-bond donors (Lipinski definition) is 2. The Labute approximate surface area is 135 Å². The first-order chi connectivity index (χ1) is 10.2. The number of hydrogen-bond acceptors (Lipinski definition) is 2. The van der Waals surface area contributed by atoms with E-state index in [1.165, 1.54) is 18.2 Å². The Morgan fingerprint density at radius 1 is 1.32 bits per heavy atom. The van der Waals surface area contributed by atoms with Crippen LogP contribution in [0.3, 0.4) is 0 Å². The van der Waals surface area contributed by atoms with Crippen LogP contribution in [0, 0.1) is 23.5 Å². The fourth-order valence-corrected chi connectivity index (χ4v) is 3.16. The molecule has 1 heterocycles. The second kappa shape index (κ2) is 7.38. The van der Waals surface area contributed by atoms with Gasteiger partial charge in [-0.3, -0.25) is 4.79 Å². The van der Waals surface area contributed by atoms with Crippen LogP contribution in [-0.2, 0) is 4.79 Å². The van der Waals surface area contributed by atoms with Gasteiger partial charge in [-0.05, 0) is 50.4 Å². The zero-order valence-corrected chi connectivity index (χ0v) is 13.1. The maximum absolute atomic E-state index is 13.7. The van der Waals surface area contributed by atoms with E-state index < -0.39 is 11.6 Å². The molecule has 0 bridgehead atoms. The van der Waals surface area contributed by atoms with E-state index in [0.29, 0.717) is 18.9 Å². The summed E-state index contributed by atoms with van der Waals surface area (Å²) in [6, 6.07) is 3.85. The fourth-order valence-electron chi connectivity index (χ4n) is 3.16. The predicted molar refractivity (Wildman–Crippen MR) is 83.1 cm³/mol. The first kappa shape index (κ1) is 17.2. The van der Waals surface area contributed by atoms with Crippen molar-refractivity contribution in [3.63, 3.8) is 0 Å². The first-order valence-corrected chi connectivity index (χ1v) is 7.59. The summed E-state index contributed by atoms with van der Waals surface area (Å²) in [7, 11) is 0. The van der Waals surface area contributed by atoms with E-state index in [4.69, 9.17) is 0 Å². The molecule has 1 aliphatic heterocycles. The van der Waals surface area contributed by atoms with E-state index in [9.17, 15) is 13.6 Å². The Hall–Kier alpha value is -1.20. The lowest BCUT2D eigenvalue weighted by molar-refractivity contribution is -0.122. The van der Waals surface area contributed by atoms with Crippen LogP contribution in [0.2, 0.25) is 0 Å².